The lowest BCUT2D eigenvalue weighted by Crippen LogP contribution is -2.41. The minimum Gasteiger partial charge on any atom is -0.452 e. The average Bonchev–Trinajstić information content (AvgIpc) is 2.77. The maximum absolute atomic E-state index is 12.3. The number of benzene rings is 2. The lowest BCUT2D eigenvalue weighted by molar-refractivity contribution is -0.385. The summed E-state index contributed by atoms with van der Waals surface area (Å²) in [6.07, 6.45) is 5.27. The Hall–Kier alpha value is -3.48. The van der Waals surface area contributed by atoms with Crippen molar-refractivity contribution in [2.75, 3.05) is 19.7 Å². The number of hydrogen-bond acceptors (Lipinski definition) is 5. The molecule has 156 valence electrons. The first-order valence-electron chi connectivity index (χ1n) is 9.93. The second kappa shape index (κ2) is 10.3. The van der Waals surface area contributed by atoms with E-state index >= 15 is 0 Å². The van der Waals surface area contributed by atoms with Gasteiger partial charge in [0.05, 0.1) is 10.5 Å². The van der Waals surface area contributed by atoms with Gasteiger partial charge < -0.3 is 9.64 Å². The molecule has 0 aliphatic carbocycles. The Morgan fingerprint density at radius 1 is 1.07 bits per heavy atom. The van der Waals surface area contributed by atoms with Crippen LogP contribution in [0.3, 0.4) is 0 Å². The number of hydrogen-bond donors (Lipinski definition) is 0. The van der Waals surface area contributed by atoms with Crippen LogP contribution in [0.25, 0.3) is 6.08 Å². The van der Waals surface area contributed by atoms with E-state index < -0.39 is 10.9 Å². The molecular formula is C23H24N2O5. The summed E-state index contributed by atoms with van der Waals surface area (Å²) in [5.41, 5.74) is 1.50. The van der Waals surface area contributed by atoms with Crippen LogP contribution in [0.4, 0.5) is 5.69 Å². The number of ether oxygens (including phenoxy) is 1. The number of amides is 1. The zero-order valence-electron chi connectivity index (χ0n) is 16.6. The highest BCUT2D eigenvalue weighted by Gasteiger charge is 2.23. The molecule has 2 aromatic rings. The van der Waals surface area contributed by atoms with Gasteiger partial charge in [-0.1, -0.05) is 42.5 Å². The van der Waals surface area contributed by atoms with E-state index in [0.717, 1.165) is 25.3 Å². The number of carbonyl (C=O) groups is 2. The Morgan fingerprint density at radius 3 is 2.43 bits per heavy atom. The minimum atomic E-state index is -0.708. The highest BCUT2D eigenvalue weighted by atomic mass is 16.6. The molecule has 0 radical (unpaired) electrons. The van der Waals surface area contributed by atoms with E-state index in [1.54, 1.807) is 17.0 Å². The maximum atomic E-state index is 12.3. The van der Waals surface area contributed by atoms with Gasteiger partial charge in [-0.2, -0.15) is 0 Å². The van der Waals surface area contributed by atoms with Crippen LogP contribution in [0.2, 0.25) is 0 Å². The van der Waals surface area contributed by atoms with Crippen LogP contribution in [0.15, 0.2) is 60.7 Å². The van der Waals surface area contributed by atoms with E-state index in [0.29, 0.717) is 24.6 Å². The van der Waals surface area contributed by atoms with E-state index in [-0.39, 0.29) is 18.2 Å². The number of nitrogens with zero attached hydrogens (tertiary/aromatic N) is 2. The first kappa shape index (κ1) is 21.2. The molecule has 7 nitrogen and oxygen atoms in total. The fraction of sp³-hybridized carbons (Fsp3) is 0.304. The lowest BCUT2D eigenvalue weighted by atomic mass is 9.90. The summed E-state index contributed by atoms with van der Waals surface area (Å²) in [7, 11) is 0. The smallest absolute Gasteiger partial charge is 0.331 e. The Balaban J connectivity index is 1.42. The van der Waals surface area contributed by atoms with Crippen molar-refractivity contribution in [2.24, 2.45) is 5.92 Å². The van der Waals surface area contributed by atoms with Gasteiger partial charge in [0.1, 0.15) is 0 Å². The number of piperidine rings is 1. The second-order valence-corrected chi connectivity index (χ2v) is 7.27. The van der Waals surface area contributed by atoms with Crippen molar-refractivity contribution in [3.63, 3.8) is 0 Å². The first-order valence-corrected chi connectivity index (χ1v) is 9.93. The van der Waals surface area contributed by atoms with Crippen molar-refractivity contribution >= 4 is 23.6 Å². The summed E-state index contributed by atoms with van der Waals surface area (Å²) < 4.78 is 5.01. The van der Waals surface area contributed by atoms with E-state index in [9.17, 15) is 19.7 Å². The van der Waals surface area contributed by atoms with Crippen LogP contribution < -0.4 is 0 Å². The molecule has 0 saturated carbocycles. The van der Waals surface area contributed by atoms with Crippen molar-refractivity contribution in [1.29, 1.82) is 0 Å². The summed E-state index contributed by atoms with van der Waals surface area (Å²) in [6, 6.07) is 16.4. The van der Waals surface area contributed by atoms with E-state index in [2.05, 4.69) is 12.1 Å². The van der Waals surface area contributed by atoms with Crippen molar-refractivity contribution < 1.29 is 19.2 Å². The Kier molecular flexibility index (Phi) is 7.32. The molecule has 0 atom stereocenters. The second-order valence-electron chi connectivity index (χ2n) is 7.27. The normalized spacial score (nSPS) is 14.6. The molecule has 1 heterocycles. The molecule has 1 saturated heterocycles. The number of carbonyl (C=O) groups excluding carboxylic acids is 2. The molecule has 1 aliphatic rings. The fourth-order valence-corrected chi connectivity index (χ4v) is 3.56. The number of nitro benzene ring substituents is 1. The number of rotatable bonds is 7. The minimum absolute atomic E-state index is 0.101. The van der Waals surface area contributed by atoms with E-state index in [1.807, 2.05) is 18.2 Å². The van der Waals surface area contributed by atoms with Crippen LogP contribution in [-0.2, 0) is 20.7 Å². The topological polar surface area (TPSA) is 89.7 Å². The largest absolute Gasteiger partial charge is 0.452 e. The van der Waals surface area contributed by atoms with Crippen molar-refractivity contribution in [2.45, 2.75) is 19.3 Å². The molecule has 1 amide bonds. The van der Waals surface area contributed by atoms with Gasteiger partial charge in [-0.15, -0.1) is 0 Å². The zero-order valence-corrected chi connectivity index (χ0v) is 16.6. The van der Waals surface area contributed by atoms with Gasteiger partial charge in [-0.3, -0.25) is 14.9 Å². The lowest BCUT2D eigenvalue weighted by Gasteiger charge is -2.32. The molecule has 3 rings (SSSR count). The standard InChI is InChI=1S/C23H24N2O5/c26-22(24-14-12-19(13-15-24)16-18-6-2-1-3-7-18)17-30-23(27)11-10-20-8-4-5-9-21(20)25(28)29/h1-11,19H,12-17H2/b11-10+. The number of likely N-dealkylation sites (tertiary alicyclic amines) is 1. The van der Waals surface area contributed by atoms with E-state index in [1.165, 1.54) is 23.8 Å². The van der Waals surface area contributed by atoms with Crippen LogP contribution in [0.1, 0.15) is 24.0 Å². The third-order valence-electron chi connectivity index (χ3n) is 5.20. The molecule has 0 unspecified atom stereocenters. The molecule has 0 N–H and O–H groups in total. The Labute approximate surface area is 175 Å². The van der Waals surface area contributed by atoms with Gasteiger partial charge in [-0.05, 0) is 42.9 Å². The molecular weight excluding hydrogens is 384 g/mol. The van der Waals surface area contributed by atoms with Gasteiger partial charge >= 0.3 is 5.97 Å². The summed E-state index contributed by atoms with van der Waals surface area (Å²) in [5, 5.41) is 11.0. The van der Waals surface area contributed by atoms with Gasteiger partial charge in [-0.25, -0.2) is 4.79 Å². The molecule has 2 aromatic carbocycles. The fourth-order valence-electron chi connectivity index (χ4n) is 3.56. The predicted molar refractivity (Wildman–Crippen MR) is 113 cm³/mol. The number of para-hydroxylation sites is 1. The summed E-state index contributed by atoms with van der Waals surface area (Å²) in [5.74, 6) is -0.385. The molecule has 0 aromatic heterocycles. The molecule has 0 spiro atoms. The Morgan fingerprint density at radius 2 is 1.73 bits per heavy atom. The van der Waals surface area contributed by atoms with Crippen LogP contribution in [0.5, 0.6) is 0 Å². The third kappa shape index (κ3) is 6.01. The third-order valence-corrected chi connectivity index (χ3v) is 5.20. The highest BCUT2D eigenvalue weighted by molar-refractivity contribution is 5.90. The first-order chi connectivity index (χ1) is 14.5. The van der Waals surface area contributed by atoms with Crippen LogP contribution in [-0.4, -0.2) is 41.4 Å². The average molecular weight is 408 g/mol. The van der Waals surface area contributed by atoms with Crippen LogP contribution in [0, 0.1) is 16.0 Å². The van der Waals surface area contributed by atoms with Crippen molar-refractivity contribution in [1.82, 2.24) is 4.90 Å². The Bertz CT molecular complexity index is 918. The van der Waals surface area contributed by atoms with Gasteiger partial charge in [0, 0.05) is 25.2 Å². The molecule has 0 bridgehead atoms. The molecule has 30 heavy (non-hydrogen) atoms. The quantitative estimate of drug-likeness (QED) is 0.302. The van der Waals surface area contributed by atoms with Gasteiger partial charge in [0.2, 0.25) is 0 Å². The molecule has 1 fully saturated rings. The SMILES string of the molecule is O=C(/C=C/c1ccccc1[N+](=O)[O-])OCC(=O)N1CCC(Cc2ccccc2)CC1. The maximum Gasteiger partial charge on any atom is 0.331 e. The number of nitro groups is 1. The zero-order chi connectivity index (χ0) is 21.3. The van der Waals surface area contributed by atoms with E-state index in [4.69, 9.17) is 4.74 Å². The monoisotopic (exact) mass is 408 g/mol. The van der Waals surface area contributed by atoms with Crippen molar-refractivity contribution in [3.05, 3.63) is 81.9 Å². The van der Waals surface area contributed by atoms with Gasteiger partial charge in [0.15, 0.2) is 6.61 Å². The van der Waals surface area contributed by atoms with Gasteiger partial charge in [0.25, 0.3) is 11.6 Å². The predicted octanol–water partition coefficient (Wildman–Crippen LogP) is 3.63. The number of esters is 1. The van der Waals surface area contributed by atoms with Crippen molar-refractivity contribution in [3.8, 4) is 0 Å². The summed E-state index contributed by atoms with van der Waals surface area (Å²) in [6.45, 7) is 0.975. The summed E-state index contributed by atoms with van der Waals surface area (Å²) >= 11 is 0. The van der Waals surface area contributed by atoms with Crippen LogP contribution >= 0.6 is 0 Å². The highest BCUT2D eigenvalue weighted by Crippen LogP contribution is 2.22. The summed E-state index contributed by atoms with van der Waals surface area (Å²) in [4.78, 5) is 36.4. The molecule has 7 heteroatoms. The molecule has 1 aliphatic heterocycles.